The first-order chi connectivity index (χ1) is 16.1. The molecule has 3 atom stereocenters. The van der Waals surface area contributed by atoms with Gasteiger partial charge >= 0.3 is 18.2 Å². The van der Waals surface area contributed by atoms with Crippen molar-refractivity contribution in [1.82, 2.24) is 10.2 Å². The molecule has 1 aromatic rings. The fraction of sp³-hybridized carbons (Fsp3) is 0.350. The number of carboxylic acids is 1. The van der Waals surface area contributed by atoms with Gasteiger partial charge in [-0.05, 0) is 30.2 Å². The van der Waals surface area contributed by atoms with Crippen molar-refractivity contribution in [1.29, 1.82) is 0 Å². The average molecular weight is 494 g/mol. The number of amides is 3. The number of anilines is 1. The number of nitrogens with one attached hydrogen (secondary N) is 2. The van der Waals surface area contributed by atoms with Crippen LogP contribution in [-0.2, 0) is 30.3 Å². The number of carbonyl (C=O) groups is 5. The number of β-lactam (4-membered cyclic amide) rings is 1. The van der Waals surface area contributed by atoms with Crippen molar-refractivity contribution < 1.29 is 43.7 Å². The molecule has 2 aliphatic rings. The topological polar surface area (TPSA) is 198 Å². The van der Waals surface area contributed by atoms with Crippen LogP contribution in [0.4, 0.5) is 15.3 Å². The minimum atomic E-state index is -1.52. The third-order valence-electron chi connectivity index (χ3n) is 4.87. The molecule has 0 saturated carbocycles. The van der Waals surface area contributed by atoms with E-state index in [2.05, 4.69) is 10.6 Å². The van der Waals surface area contributed by atoms with Crippen molar-refractivity contribution >= 4 is 47.5 Å². The Labute approximate surface area is 197 Å². The molecular weight excluding hydrogens is 472 g/mol. The van der Waals surface area contributed by atoms with Crippen LogP contribution in [0.15, 0.2) is 35.7 Å². The number of hydrogen-bond acceptors (Lipinski definition) is 9. The summed E-state index contributed by atoms with van der Waals surface area (Å²) in [5.74, 6) is -1.72. The van der Waals surface area contributed by atoms with Gasteiger partial charge in [-0.25, -0.2) is 9.59 Å². The Morgan fingerprint density at radius 3 is 2.53 bits per heavy atom. The SMILES string of the molecule is CC1=C(OC(=O)O)N2C(=O)[C@@H](NC(=O)Cc3ccc(NC(=O)OC[C@@H](N)C(=O)O)cc3)[C@@H]2SC1. The fourth-order valence-electron chi connectivity index (χ4n) is 3.19. The number of nitrogens with zero attached hydrogens (tertiary/aromatic N) is 1. The molecule has 2 heterocycles. The first-order valence-electron chi connectivity index (χ1n) is 9.92. The van der Waals surface area contributed by atoms with E-state index in [-0.39, 0.29) is 12.3 Å². The summed E-state index contributed by atoms with van der Waals surface area (Å²) in [5.41, 5.74) is 6.83. The van der Waals surface area contributed by atoms with Crippen molar-refractivity contribution in [3.05, 3.63) is 41.3 Å². The van der Waals surface area contributed by atoms with E-state index in [1.807, 2.05) is 0 Å². The van der Waals surface area contributed by atoms with E-state index in [9.17, 15) is 24.0 Å². The average Bonchev–Trinajstić information content (AvgIpc) is 2.78. The molecule has 1 fully saturated rings. The molecule has 1 aromatic carbocycles. The summed E-state index contributed by atoms with van der Waals surface area (Å²) in [6.45, 7) is 1.18. The predicted octanol–water partition coefficient (Wildman–Crippen LogP) is 0.516. The first kappa shape index (κ1) is 24.9. The van der Waals surface area contributed by atoms with Crippen LogP contribution in [-0.4, -0.2) is 75.0 Å². The van der Waals surface area contributed by atoms with Gasteiger partial charge in [-0.2, -0.15) is 0 Å². The van der Waals surface area contributed by atoms with Crippen LogP contribution < -0.4 is 16.4 Å². The van der Waals surface area contributed by atoms with Crippen molar-refractivity contribution in [2.24, 2.45) is 5.73 Å². The van der Waals surface area contributed by atoms with Crippen LogP contribution in [0.2, 0.25) is 0 Å². The molecule has 13 nitrogen and oxygen atoms in total. The lowest BCUT2D eigenvalue weighted by Gasteiger charge is -2.48. The number of hydrogen-bond donors (Lipinski definition) is 5. The summed E-state index contributed by atoms with van der Waals surface area (Å²) >= 11 is 1.39. The smallest absolute Gasteiger partial charge is 0.480 e. The van der Waals surface area contributed by atoms with Gasteiger partial charge in [-0.15, -0.1) is 11.8 Å². The van der Waals surface area contributed by atoms with Crippen LogP contribution in [0.25, 0.3) is 0 Å². The number of thioether (sulfide) groups is 1. The molecule has 3 rings (SSSR count). The van der Waals surface area contributed by atoms with Crippen LogP contribution in [0.1, 0.15) is 12.5 Å². The Morgan fingerprint density at radius 2 is 1.91 bits per heavy atom. The number of nitrogens with two attached hydrogens (primary N) is 1. The number of ether oxygens (including phenoxy) is 2. The summed E-state index contributed by atoms with van der Waals surface area (Å²) in [4.78, 5) is 59.4. The maximum atomic E-state index is 12.5. The van der Waals surface area contributed by atoms with E-state index in [4.69, 9.17) is 25.4 Å². The van der Waals surface area contributed by atoms with E-state index in [1.165, 1.54) is 28.8 Å². The standard InChI is InChI=1S/C20H22N4O9S/c1-9-8-34-17-14(15(26)24(17)16(9)33-20(30)31)23-13(25)6-10-2-4-11(5-3-10)22-19(29)32-7-12(21)18(27)28/h2-5,12,14,17H,6-8,21H2,1H3,(H,22,29)(H,23,25)(H,27,28)(H,30,31)/t12-,14-,17+/m1/s1. The molecule has 0 bridgehead atoms. The number of fused-ring (bicyclic) bond motifs is 1. The highest BCUT2D eigenvalue weighted by Crippen LogP contribution is 2.40. The normalized spacial score (nSPS) is 19.9. The lowest BCUT2D eigenvalue weighted by Crippen LogP contribution is -2.70. The Kier molecular flexibility index (Phi) is 7.63. The molecule has 14 heteroatoms. The van der Waals surface area contributed by atoms with Gasteiger partial charge in [-0.1, -0.05) is 12.1 Å². The molecule has 0 spiro atoms. The number of aliphatic carboxylic acids is 1. The van der Waals surface area contributed by atoms with Gasteiger partial charge in [0.15, 0.2) is 0 Å². The quantitative estimate of drug-likeness (QED) is 0.249. The summed E-state index contributed by atoms with van der Waals surface area (Å²) in [6.07, 6.45) is -2.43. The fourth-order valence-corrected chi connectivity index (χ4v) is 4.46. The van der Waals surface area contributed by atoms with E-state index in [0.29, 0.717) is 22.6 Å². The maximum Gasteiger partial charge on any atom is 0.512 e. The van der Waals surface area contributed by atoms with Gasteiger partial charge in [0, 0.05) is 11.4 Å². The zero-order valence-corrected chi connectivity index (χ0v) is 18.7. The van der Waals surface area contributed by atoms with Crippen molar-refractivity contribution in [2.45, 2.75) is 30.8 Å². The third-order valence-corrected chi connectivity index (χ3v) is 6.30. The number of carbonyl (C=O) groups excluding carboxylic acids is 3. The Balaban J connectivity index is 1.49. The zero-order valence-electron chi connectivity index (χ0n) is 17.8. The van der Waals surface area contributed by atoms with Crippen molar-refractivity contribution in [3.8, 4) is 0 Å². The largest absolute Gasteiger partial charge is 0.512 e. The lowest BCUT2D eigenvalue weighted by atomic mass is 10.1. The molecular formula is C20H22N4O9S. The van der Waals surface area contributed by atoms with Crippen molar-refractivity contribution in [3.63, 3.8) is 0 Å². The predicted molar refractivity (Wildman–Crippen MR) is 118 cm³/mol. The molecule has 1 saturated heterocycles. The summed E-state index contributed by atoms with van der Waals surface area (Å²) in [7, 11) is 0. The molecule has 3 amide bonds. The second-order valence-corrected chi connectivity index (χ2v) is 8.56. The Bertz CT molecular complexity index is 1040. The summed E-state index contributed by atoms with van der Waals surface area (Å²) < 4.78 is 9.45. The van der Waals surface area contributed by atoms with E-state index >= 15 is 0 Å². The van der Waals surface area contributed by atoms with E-state index < -0.39 is 54.1 Å². The molecule has 6 N–H and O–H groups in total. The Hall–Kier alpha value is -3.78. The van der Waals surface area contributed by atoms with Crippen LogP contribution in [0.3, 0.4) is 0 Å². The zero-order chi connectivity index (χ0) is 25.0. The molecule has 34 heavy (non-hydrogen) atoms. The lowest BCUT2D eigenvalue weighted by molar-refractivity contribution is -0.149. The minimum Gasteiger partial charge on any atom is -0.480 e. The van der Waals surface area contributed by atoms with Gasteiger partial charge in [0.25, 0.3) is 5.91 Å². The van der Waals surface area contributed by atoms with E-state index in [0.717, 1.165) is 0 Å². The van der Waals surface area contributed by atoms with Crippen LogP contribution >= 0.6 is 11.8 Å². The monoisotopic (exact) mass is 494 g/mol. The highest BCUT2D eigenvalue weighted by atomic mass is 32.2. The third kappa shape index (κ3) is 5.77. The Morgan fingerprint density at radius 1 is 1.24 bits per heavy atom. The van der Waals surface area contributed by atoms with Crippen LogP contribution in [0.5, 0.6) is 0 Å². The van der Waals surface area contributed by atoms with Gasteiger partial charge < -0.3 is 30.7 Å². The van der Waals surface area contributed by atoms with Crippen molar-refractivity contribution in [2.75, 3.05) is 17.7 Å². The number of rotatable bonds is 8. The number of carboxylic acid groups (broad SMARTS) is 2. The first-order valence-corrected chi connectivity index (χ1v) is 11.0. The second-order valence-electron chi connectivity index (χ2n) is 7.45. The van der Waals surface area contributed by atoms with E-state index in [1.54, 1.807) is 19.1 Å². The minimum absolute atomic E-state index is 0.0155. The molecule has 0 aliphatic carbocycles. The number of benzene rings is 1. The molecule has 182 valence electrons. The summed E-state index contributed by atoms with van der Waals surface area (Å²) in [6, 6.07) is 4.10. The van der Waals surface area contributed by atoms with Crippen LogP contribution in [0, 0.1) is 0 Å². The molecule has 0 radical (unpaired) electrons. The molecule has 0 unspecified atom stereocenters. The van der Waals surface area contributed by atoms with Gasteiger partial charge in [-0.3, -0.25) is 24.6 Å². The second kappa shape index (κ2) is 10.4. The van der Waals surface area contributed by atoms with Gasteiger partial charge in [0.2, 0.25) is 11.8 Å². The van der Waals surface area contributed by atoms with Gasteiger partial charge in [0.1, 0.15) is 24.1 Å². The molecule has 2 aliphatic heterocycles. The van der Waals surface area contributed by atoms with Gasteiger partial charge in [0.05, 0.1) is 6.42 Å². The highest BCUT2D eigenvalue weighted by molar-refractivity contribution is 8.00. The highest BCUT2D eigenvalue weighted by Gasteiger charge is 2.53. The molecule has 0 aromatic heterocycles. The maximum absolute atomic E-state index is 12.5. The summed E-state index contributed by atoms with van der Waals surface area (Å²) in [5, 5.41) is 22.2.